The molecule has 0 aliphatic carbocycles. The van der Waals surface area contributed by atoms with E-state index < -0.39 is 5.63 Å². The molecule has 0 N–H and O–H groups in total. The van der Waals surface area contributed by atoms with Crippen LogP contribution in [0.4, 0.5) is 0 Å². The van der Waals surface area contributed by atoms with Gasteiger partial charge in [0.25, 0.3) is 5.91 Å². The van der Waals surface area contributed by atoms with Crippen LogP contribution in [0, 0.1) is 0 Å². The van der Waals surface area contributed by atoms with Crippen LogP contribution in [0.1, 0.15) is 5.56 Å². The van der Waals surface area contributed by atoms with Crippen molar-refractivity contribution in [3.05, 3.63) is 86.4 Å². The molecule has 1 amide bonds. The summed E-state index contributed by atoms with van der Waals surface area (Å²) in [6, 6.07) is 16.2. The first kappa shape index (κ1) is 20.2. The lowest BCUT2D eigenvalue weighted by atomic mass is 10.0. The Labute approximate surface area is 182 Å². The van der Waals surface area contributed by atoms with Crippen LogP contribution >= 0.6 is 22.9 Å². The summed E-state index contributed by atoms with van der Waals surface area (Å²) in [4.78, 5) is 26.1. The van der Waals surface area contributed by atoms with E-state index >= 15 is 0 Å². The lowest BCUT2D eigenvalue weighted by Crippen LogP contribution is -2.30. The van der Waals surface area contributed by atoms with E-state index in [4.69, 9.17) is 20.8 Å². The molecule has 5 nitrogen and oxygen atoms in total. The average Bonchev–Trinajstić information content (AvgIpc) is 3.25. The van der Waals surface area contributed by atoms with Gasteiger partial charge < -0.3 is 14.1 Å². The van der Waals surface area contributed by atoms with Gasteiger partial charge in [0.1, 0.15) is 11.3 Å². The molecule has 0 atom stereocenters. The fourth-order valence-corrected chi connectivity index (χ4v) is 4.00. The molecule has 4 rings (SSSR count). The Hall–Kier alpha value is -3.09. The predicted octanol–water partition coefficient (Wildman–Crippen LogP) is 5.21. The molecule has 152 valence electrons. The average molecular weight is 440 g/mol. The number of fused-ring (bicyclic) bond motifs is 1. The second kappa shape index (κ2) is 8.73. The summed E-state index contributed by atoms with van der Waals surface area (Å²) in [5.41, 5.74) is 2.54. The smallest absolute Gasteiger partial charge is 0.336 e. The molecule has 0 unspecified atom stereocenters. The lowest BCUT2D eigenvalue weighted by molar-refractivity contribution is -0.132. The predicted molar refractivity (Wildman–Crippen MR) is 119 cm³/mol. The Morgan fingerprint density at radius 1 is 1.17 bits per heavy atom. The van der Waals surface area contributed by atoms with Gasteiger partial charge in [-0.2, -0.15) is 11.3 Å². The van der Waals surface area contributed by atoms with E-state index in [0.29, 0.717) is 22.5 Å². The third-order valence-electron chi connectivity index (χ3n) is 4.66. The fourth-order valence-electron chi connectivity index (χ4n) is 3.12. The number of carbonyl (C=O) groups excluding carboxylic acids is 1. The molecular weight excluding hydrogens is 422 g/mol. The van der Waals surface area contributed by atoms with Crippen molar-refractivity contribution >= 4 is 39.8 Å². The highest BCUT2D eigenvalue weighted by molar-refractivity contribution is 7.07. The summed E-state index contributed by atoms with van der Waals surface area (Å²) in [6.45, 7) is 0.334. The second-order valence-electron chi connectivity index (χ2n) is 6.79. The Morgan fingerprint density at radius 3 is 2.70 bits per heavy atom. The molecule has 4 aromatic rings. The van der Waals surface area contributed by atoms with Gasteiger partial charge in [0.05, 0.1) is 5.02 Å². The van der Waals surface area contributed by atoms with Crippen molar-refractivity contribution in [2.45, 2.75) is 6.54 Å². The zero-order valence-electron chi connectivity index (χ0n) is 16.1. The minimum atomic E-state index is -0.471. The number of likely N-dealkylation sites (N-methyl/N-ethyl adjacent to an activating group) is 1. The molecular formula is C23H18ClNO4S. The Kier molecular flexibility index (Phi) is 5.88. The van der Waals surface area contributed by atoms with Gasteiger partial charge in [-0.05, 0) is 39.6 Å². The monoisotopic (exact) mass is 439 g/mol. The molecule has 0 spiro atoms. The van der Waals surface area contributed by atoms with Crippen LogP contribution < -0.4 is 10.4 Å². The van der Waals surface area contributed by atoms with Crippen LogP contribution in [0.25, 0.3) is 22.1 Å². The van der Waals surface area contributed by atoms with Gasteiger partial charge in [-0.1, -0.05) is 41.9 Å². The number of benzene rings is 2. The Bertz CT molecular complexity index is 1240. The number of nitrogens with zero attached hydrogens (tertiary/aromatic N) is 1. The highest BCUT2D eigenvalue weighted by Crippen LogP contribution is 2.34. The van der Waals surface area contributed by atoms with Crippen molar-refractivity contribution in [3.8, 4) is 16.9 Å². The first-order valence-corrected chi connectivity index (χ1v) is 10.5. The van der Waals surface area contributed by atoms with Crippen molar-refractivity contribution < 1.29 is 13.9 Å². The molecule has 0 aliphatic heterocycles. The van der Waals surface area contributed by atoms with Crippen molar-refractivity contribution in [1.29, 1.82) is 0 Å². The van der Waals surface area contributed by atoms with Crippen LogP contribution in [0.2, 0.25) is 5.02 Å². The van der Waals surface area contributed by atoms with Crippen LogP contribution in [0.5, 0.6) is 5.75 Å². The maximum absolute atomic E-state index is 12.4. The van der Waals surface area contributed by atoms with Gasteiger partial charge in [-0.25, -0.2) is 4.79 Å². The molecule has 7 heteroatoms. The first-order valence-electron chi connectivity index (χ1n) is 9.22. The van der Waals surface area contributed by atoms with E-state index in [-0.39, 0.29) is 18.3 Å². The van der Waals surface area contributed by atoms with Gasteiger partial charge in [0, 0.05) is 31.1 Å². The quantitative estimate of drug-likeness (QED) is 0.387. The van der Waals surface area contributed by atoms with Crippen LogP contribution in [-0.2, 0) is 11.3 Å². The van der Waals surface area contributed by atoms with Gasteiger partial charge >= 0.3 is 5.63 Å². The molecule has 2 aromatic heterocycles. The van der Waals surface area contributed by atoms with E-state index in [1.54, 1.807) is 35.4 Å². The molecule has 0 saturated heterocycles. The Balaban J connectivity index is 1.57. The topological polar surface area (TPSA) is 59.8 Å². The molecule has 0 fully saturated rings. The Morgan fingerprint density at radius 2 is 1.97 bits per heavy atom. The van der Waals surface area contributed by atoms with Crippen molar-refractivity contribution in [3.63, 3.8) is 0 Å². The second-order valence-corrected chi connectivity index (χ2v) is 7.98. The molecule has 0 radical (unpaired) electrons. The number of carbonyl (C=O) groups is 1. The lowest BCUT2D eigenvalue weighted by Gasteiger charge is -2.17. The maximum Gasteiger partial charge on any atom is 0.336 e. The van der Waals surface area contributed by atoms with E-state index in [9.17, 15) is 9.59 Å². The molecule has 0 aliphatic rings. The van der Waals surface area contributed by atoms with Crippen molar-refractivity contribution in [1.82, 2.24) is 4.90 Å². The van der Waals surface area contributed by atoms with Gasteiger partial charge in [0.2, 0.25) is 0 Å². The third-order valence-corrected chi connectivity index (χ3v) is 5.69. The molecule has 0 saturated carbocycles. The highest BCUT2D eigenvalue weighted by Gasteiger charge is 2.15. The zero-order valence-corrected chi connectivity index (χ0v) is 17.7. The summed E-state index contributed by atoms with van der Waals surface area (Å²) in [6.07, 6.45) is 0. The normalized spacial score (nSPS) is 10.9. The number of thiophene rings is 1. The number of rotatable bonds is 6. The number of amides is 1. The zero-order chi connectivity index (χ0) is 21.1. The van der Waals surface area contributed by atoms with Gasteiger partial charge in [-0.3, -0.25) is 4.79 Å². The largest absolute Gasteiger partial charge is 0.482 e. The van der Waals surface area contributed by atoms with Crippen LogP contribution in [-0.4, -0.2) is 24.5 Å². The fraction of sp³-hybridized carbons (Fsp3) is 0.130. The number of hydrogen-bond donors (Lipinski definition) is 0. The highest BCUT2D eigenvalue weighted by atomic mass is 35.5. The van der Waals surface area contributed by atoms with Gasteiger partial charge in [0.15, 0.2) is 6.61 Å². The van der Waals surface area contributed by atoms with E-state index in [1.165, 1.54) is 6.07 Å². The summed E-state index contributed by atoms with van der Waals surface area (Å²) in [5.74, 6) is 0.103. The molecule has 30 heavy (non-hydrogen) atoms. The van der Waals surface area contributed by atoms with E-state index in [0.717, 1.165) is 16.7 Å². The minimum absolute atomic E-state index is 0.172. The molecule has 0 bridgehead atoms. The van der Waals surface area contributed by atoms with Crippen molar-refractivity contribution in [2.75, 3.05) is 13.7 Å². The van der Waals surface area contributed by atoms with Crippen LogP contribution in [0.3, 0.4) is 0 Å². The third kappa shape index (κ3) is 4.40. The SMILES string of the molecule is CN(Cc1ccsc1)C(=O)COc1cc2oc(=O)cc(-c3ccccc3)c2cc1Cl. The number of halogens is 1. The summed E-state index contributed by atoms with van der Waals surface area (Å²) < 4.78 is 11.0. The summed E-state index contributed by atoms with van der Waals surface area (Å²) in [5, 5.41) is 4.99. The molecule has 2 heterocycles. The minimum Gasteiger partial charge on any atom is -0.482 e. The van der Waals surface area contributed by atoms with E-state index in [1.807, 2.05) is 47.2 Å². The molecule has 2 aromatic carbocycles. The number of ether oxygens (including phenoxy) is 1. The standard InChI is InChI=1S/C23H18ClNO4S/c1-25(12-15-7-8-30-14-15)22(26)13-28-21-11-20-18(9-19(21)24)17(10-23(27)29-20)16-5-3-2-4-6-16/h2-11,14H,12-13H2,1H3. The van der Waals surface area contributed by atoms with Crippen molar-refractivity contribution in [2.24, 2.45) is 0 Å². The maximum atomic E-state index is 12.4. The van der Waals surface area contributed by atoms with E-state index in [2.05, 4.69) is 0 Å². The summed E-state index contributed by atoms with van der Waals surface area (Å²) >= 11 is 8.00. The summed E-state index contributed by atoms with van der Waals surface area (Å²) in [7, 11) is 1.72. The first-order chi connectivity index (χ1) is 14.5. The number of hydrogen-bond acceptors (Lipinski definition) is 5. The van der Waals surface area contributed by atoms with Gasteiger partial charge in [-0.15, -0.1) is 0 Å². The van der Waals surface area contributed by atoms with Crippen LogP contribution in [0.15, 0.2) is 74.6 Å².